The van der Waals surface area contributed by atoms with Gasteiger partial charge in [-0.1, -0.05) is 23.7 Å². The Labute approximate surface area is 193 Å². The molecule has 2 heterocycles. The molecule has 4 rings (SSSR count). The number of hydrogen-bond acceptors (Lipinski definition) is 3. The number of aromatic nitrogens is 4. The number of halogens is 4. The van der Waals surface area contributed by atoms with E-state index in [1.54, 1.807) is 4.68 Å². The quantitative estimate of drug-likeness (QED) is 0.347. The standard InChI is InChI=1S/C21H22ClF3N6S/c22-16-6-2-14(3-7-16)13-30-11-8-19(29-30)27-20(32)26-9-1-10-31-17(15-4-5-15)12-18(28-31)21(23,24)25/h2-3,6-8,11-12,15H,1,4-5,9-10,13H2,(H2,26,27,29,32). The van der Waals surface area contributed by atoms with Crippen LogP contribution in [0.2, 0.25) is 5.02 Å². The number of nitrogens with zero attached hydrogens (tertiary/aromatic N) is 4. The van der Waals surface area contributed by atoms with Crippen LogP contribution in [0.3, 0.4) is 0 Å². The summed E-state index contributed by atoms with van der Waals surface area (Å²) >= 11 is 11.2. The first-order chi connectivity index (χ1) is 15.3. The summed E-state index contributed by atoms with van der Waals surface area (Å²) in [5, 5.41) is 15.4. The molecular formula is C21H22ClF3N6S. The molecule has 1 aromatic carbocycles. The molecule has 3 aromatic rings. The van der Waals surface area contributed by atoms with E-state index in [0.29, 0.717) is 47.7 Å². The van der Waals surface area contributed by atoms with Gasteiger partial charge in [0.1, 0.15) is 0 Å². The van der Waals surface area contributed by atoms with Gasteiger partial charge in [0.15, 0.2) is 16.6 Å². The third-order valence-corrected chi connectivity index (χ3v) is 5.57. The monoisotopic (exact) mass is 482 g/mol. The number of anilines is 1. The Morgan fingerprint density at radius 3 is 2.59 bits per heavy atom. The molecular weight excluding hydrogens is 461 g/mol. The Kier molecular flexibility index (Phi) is 6.71. The number of rotatable bonds is 8. The van der Waals surface area contributed by atoms with Gasteiger partial charge in [-0.2, -0.15) is 23.4 Å². The number of aryl methyl sites for hydroxylation is 1. The fourth-order valence-electron chi connectivity index (χ4n) is 3.34. The third kappa shape index (κ3) is 6.01. The highest BCUT2D eigenvalue weighted by Gasteiger charge is 2.37. The fraction of sp³-hybridized carbons (Fsp3) is 0.381. The topological polar surface area (TPSA) is 59.7 Å². The summed E-state index contributed by atoms with van der Waals surface area (Å²) in [5.41, 5.74) is 0.922. The van der Waals surface area contributed by atoms with Crippen molar-refractivity contribution < 1.29 is 13.2 Å². The van der Waals surface area contributed by atoms with E-state index in [2.05, 4.69) is 20.8 Å². The lowest BCUT2D eigenvalue weighted by Crippen LogP contribution is -2.30. The zero-order chi connectivity index (χ0) is 22.7. The summed E-state index contributed by atoms with van der Waals surface area (Å²) < 4.78 is 42.2. The maximum Gasteiger partial charge on any atom is 0.435 e. The second kappa shape index (κ2) is 9.50. The summed E-state index contributed by atoms with van der Waals surface area (Å²) in [7, 11) is 0. The normalized spacial score (nSPS) is 13.9. The number of hydrogen-bond donors (Lipinski definition) is 2. The first-order valence-electron chi connectivity index (χ1n) is 10.3. The molecule has 0 bridgehead atoms. The molecule has 0 radical (unpaired) electrons. The van der Waals surface area contributed by atoms with Crippen molar-refractivity contribution >= 4 is 34.7 Å². The van der Waals surface area contributed by atoms with Crippen molar-refractivity contribution in [1.29, 1.82) is 0 Å². The second-order valence-corrected chi connectivity index (χ2v) is 8.55. The summed E-state index contributed by atoms with van der Waals surface area (Å²) in [4.78, 5) is 0. The number of benzene rings is 1. The second-order valence-electron chi connectivity index (χ2n) is 7.71. The number of nitrogens with one attached hydrogen (secondary N) is 2. The van der Waals surface area contributed by atoms with E-state index >= 15 is 0 Å². The van der Waals surface area contributed by atoms with Crippen molar-refractivity contribution in [3.05, 3.63) is 64.6 Å². The summed E-state index contributed by atoms with van der Waals surface area (Å²) in [5.74, 6) is 0.798. The Bertz CT molecular complexity index is 1070. The molecule has 6 nitrogen and oxygen atoms in total. The Morgan fingerprint density at radius 2 is 1.91 bits per heavy atom. The van der Waals surface area contributed by atoms with Crippen LogP contribution in [-0.2, 0) is 19.3 Å². The van der Waals surface area contributed by atoms with Crippen LogP contribution in [0.25, 0.3) is 0 Å². The van der Waals surface area contributed by atoms with E-state index in [4.69, 9.17) is 23.8 Å². The van der Waals surface area contributed by atoms with Crippen LogP contribution < -0.4 is 10.6 Å². The van der Waals surface area contributed by atoms with Gasteiger partial charge in [0, 0.05) is 42.0 Å². The van der Waals surface area contributed by atoms with E-state index in [1.165, 1.54) is 10.7 Å². The molecule has 0 spiro atoms. The van der Waals surface area contributed by atoms with Gasteiger partial charge >= 0.3 is 6.18 Å². The van der Waals surface area contributed by atoms with Crippen molar-refractivity contribution in [3.8, 4) is 0 Å². The average Bonchev–Trinajstić information content (AvgIpc) is 3.33. The van der Waals surface area contributed by atoms with Gasteiger partial charge in [0.2, 0.25) is 0 Å². The fourth-order valence-corrected chi connectivity index (χ4v) is 3.67. The van der Waals surface area contributed by atoms with Gasteiger partial charge in [0.05, 0.1) is 6.54 Å². The first-order valence-corrected chi connectivity index (χ1v) is 11.0. The van der Waals surface area contributed by atoms with Crippen molar-refractivity contribution in [2.45, 2.75) is 44.4 Å². The van der Waals surface area contributed by atoms with E-state index in [0.717, 1.165) is 18.4 Å². The van der Waals surface area contributed by atoms with Gasteiger partial charge in [-0.15, -0.1) is 0 Å². The molecule has 0 atom stereocenters. The number of alkyl halides is 3. The predicted molar refractivity (Wildman–Crippen MR) is 121 cm³/mol. The summed E-state index contributed by atoms with van der Waals surface area (Å²) in [6.07, 6.45) is -0.157. The molecule has 1 fully saturated rings. The van der Waals surface area contributed by atoms with Gasteiger partial charge in [-0.05, 0) is 55.2 Å². The lowest BCUT2D eigenvalue weighted by Gasteiger charge is -2.10. The molecule has 1 aliphatic carbocycles. The van der Waals surface area contributed by atoms with Crippen LogP contribution in [-0.4, -0.2) is 31.2 Å². The smallest absolute Gasteiger partial charge is 0.362 e. The minimum Gasteiger partial charge on any atom is -0.362 e. The van der Waals surface area contributed by atoms with E-state index < -0.39 is 11.9 Å². The zero-order valence-electron chi connectivity index (χ0n) is 17.1. The van der Waals surface area contributed by atoms with Gasteiger partial charge in [-0.3, -0.25) is 9.36 Å². The summed E-state index contributed by atoms with van der Waals surface area (Å²) in [6, 6.07) is 10.5. The van der Waals surface area contributed by atoms with Crippen molar-refractivity contribution in [3.63, 3.8) is 0 Å². The van der Waals surface area contributed by atoms with Crippen molar-refractivity contribution in [2.24, 2.45) is 0 Å². The highest BCUT2D eigenvalue weighted by Crippen LogP contribution is 2.42. The Hall–Kier alpha value is -2.59. The maximum absolute atomic E-state index is 13.0. The van der Waals surface area contributed by atoms with Gasteiger partial charge < -0.3 is 10.6 Å². The van der Waals surface area contributed by atoms with Crippen LogP contribution >= 0.6 is 23.8 Å². The minimum absolute atomic E-state index is 0.192. The van der Waals surface area contributed by atoms with Gasteiger partial charge in [0.25, 0.3) is 0 Å². The predicted octanol–water partition coefficient (Wildman–Crippen LogP) is 5.05. The SMILES string of the molecule is FC(F)(F)c1cc(C2CC2)n(CCCNC(=S)Nc2ccn(Cc3ccc(Cl)cc3)n2)n1. The Morgan fingerprint density at radius 1 is 1.16 bits per heavy atom. The minimum atomic E-state index is -4.42. The van der Waals surface area contributed by atoms with Crippen LogP contribution in [0.15, 0.2) is 42.6 Å². The molecule has 0 saturated heterocycles. The Balaban J connectivity index is 1.23. The van der Waals surface area contributed by atoms with E-state index in [1.807, 2.05) is 36.5 Å². The van der Waals surface area contributed by atoms with Crippen LogP contribution in [0.5, 0.6) is 0 Å². The molecule has 1 aliphatic rings. The van der Waals surface area contributed by atoms with Crippen molar-refractivity contribution in [2.75, 3.05) is 11.9 Å². The molecule has 11 heteroatoms. The van der Waals surface area contributed by atoms with Crippen LogP contribution in [0.4, 0.5) is 19.0 Å². The molecule has 32 heavy (non-hydrogen) atoms. The van der Waals surface area contributed by atoms with Crippen molar-refractivity contribution in [1.82, 2.24) is 24.9 Å². The first kappa shape index (κ1) is 22.6. The summed E-state index contributed by atoms with van der Waals surface area (Å²) in [6.45, 7) is 1.50. The molecule has 170 valence electrons. The average molecular weight is 483 g/mol. The number of thiocarbonyl (C=S) groups is 1. The van der Waals surface area contributed by atoms with E-state index in [-0.39, 0.29) is 5.92 Å². The molecule has 0 unspecified atom stereocenters. The largest absolute Gasteiger partial charge is 0.435 e. The maximum atomic E-state index is 13.0. The van der Waals surface area contributed by atoms with E-state index in [9.17, 15) is 13.2 Å². The highest BCUT2D eigenvalue weighted by atomic mass is 35.5. The van der Waals surface area contributed by atoms with Gasteiger partial charge in [-0.25, -0.2) is 0 Å². The molecule has 2 aromatic heterocycles. The lowest BCUT2D eigenvalue weighted by atomic mass is 10.2. The zero-order valence-corrected chi connectivity index (χ0v) is 18.6. The lowest BCUT2D eigenvalue weighted by molar-refractivity contribution is -0.141. The molecule has 0 amide bonds. The highest BCUT2D eigenvalue weighted by molar-refractivity contribution is 7.80. The molecule has 2 N–H and O–H groups in total. The van der Waals surface area contributed by atoms with Crippen LogP contribution in [0, 0.1) is 0 Å². The third-order valence-electron chi connectivity index (χ3n) is 5.07. The molecule has 0 aliphatic heterocycles. The van der Waals surface area contributed by atoms with Crippen LogP contribution in [0.1, 0.15) is 42.1 Å². The molecule has 1 saturated carbocycles.